The maximum atomic E-state index is 15.3. The Hall–Kier alpha value is -7.08. The summed E-state index contributed by atoms with van der Waals surface area (Å²) in [7, 11) is -3.18. The topological polar surface area (TPSA) is 55.7 Å². The van der Waals surface area contributed by atoms with Gasteiger partial charge in [0.05, 0.1) is 33.6 Å². The third kappa shape index (κ3) is 5.69. The number of thiol groups is 1. The maximum Gasteiger partial charge on any atom is 0.0987 e. The van der Waals surface area contributed by atoms with Crippen molar-refractivity contribution in [2.24, 2.45) is 0 Å². The first kappa shape index (κ1) is 33.5. The monoisotopic (exact) mass is 737 g/mol. The number of hydrogen-bond donors (Lipinski definition) is 1. The zero-order valence-corrected chi connectivity index (χ0v) is 31.2. The van der Waals surface area contributed by atoms with E-state index in [0.717, 1.165) is 92.3 Å². The van der Waals surface area contributed by atoms with Gasteiger partial charge in [-0.2, -0.15) is 0 Å². The van der Waals surface area contributed by atoms with Crippen LogP contribution in [0.5, 0.6) is 0 Å². The summed E-state index contributed by atoms with van der Waals surface area (Å²) < 4.78 is 15.3. The second-order valence-corrected chi connectivity index (χ2v) is 16.6. The largest absolute Gasteiger partial charge is 0.271 e. The molecule has 5 heteroatoms. The van der Waals surface area contributed by atoms with Gasteiger partial charge in [-0.05, 0) is 64.0 Å². The first-order chi connectivity index (χ1) is 27.7. The lowest BCUT2D eigenvalue weighted by molar-refractivity contribution is 0.669. The van der Waals surface area contributed by atoms with Crippen LogP contribution in [-0.4, -0.2) is 19.2 Å². The van der Waals surface area contributed by atoms with Crippen LogP contribution in [0, 0.1) is 0 Å². The van der Waals surface area contributed by atoms with Crippen molar-refractivity contribution in [2.45, 2.75) is 14.7 Å². The van der Waals surface area contributed by atoms with E-state index in [0.29, 0.717) is 0 Å². The molecule has 0 amide bonds. The van der Waals surface area contributed by atoms with Crippen molar-refractivity contribution < 1.29 is 4.21 Å². The number of fused-ring (bicyclic) bond motifs is 5. The zero-order valence-electron chi connectivity index (χ0n) is 30.3. The molecule has 0 fully saturated rings. The Bertz CT molecular complexity index is 3020. The van der Waals surface area contributed by atoms with Gasteiger partial charge in [0.25, 0.3) is 0 Å². The van der Waals surface area contributed by atoms with Crippen LogP contribution in [0.1, 0.15) is 0 Å². The Kier molecular flexibility index (Phi) is 8.35. The molecule has 10 rings (SSSR count). The van der Waals surface area contributed by atoms with Crippen molar-refractivity contribution in [2.75, 3.05) is 0 Å². The smallest absolute Gasteiger partial charge is 0.0987 e. The van der Waals surface area contributed by atoms with Gasteiger partial charge >= 0.3 is 0 Å². The molecule has 266 valence electrons. The van der Waals surface area contributed by atoms with E-state index in [1.807, 2.05) is 121 Å². The summed E-state index contributed by atoms with van der Waals surface area (Å²) in [5.74, 6) is 0. The van der Waals surface area contributed by atoms with Crippen LogP contribution in [0.2, 0.25) is 0 Å². The summed E-state index contributed by atoms with van der Waals surface area (Å²) in [6, 6.07) is 69.3. The molecular weight excluding hydrogens is 703 g/mol. The Morgan fingerprint density at radius 3 is 1.30 bits per heavy atom. The summed E-state index contributed by atoms with van der Waals surface area (Å²) in [6.45, 7) is 0. The molecule has 0 saturated carbocycles. The molecule has 0 aliphatic heterocycles. The van der Waals surface area contributed by atoms with Gasteiger partial charge in [0.15, 0.2) is 0 Å². The predicted molar refractivity (Wildman–Crippen MR) is 231 cm³/mol. The van der Waals surface area contributed by atoms with Crippen LogP contribution >= 0.6 is 0 Å². The molecule has 2 aromatic heterocycles. The van der Waals surface area contributed by atoms with E-state index in [2.05, 4.69) is 84.9 Å². The minimum Gasteiger partial charge on any atom is -0.271 e. The Labute approximate surface area is 326 Å². The molecule has 0 aliphatic rings. The fourth-order valence-electron chi connectivity index (χ4n) is 7.84. The number of nitrogens with zero attached hydrogens (tertiary/aromatic N) is 3. The lowest BCUT2D eigenvalue weighted by Crippen LogP contribution is -2.13. The molecule has 0 spiro atoms. The van der Waals surface area contributed by atoms with Crippen LogP contribution in [-0.2, 0) is 9.93 Å². The maximum absolute atomic E-state index is 15.3. The fourth-order valence-corrected chi connectivity index (χ4v) is 10.5. The van der Waals surface area contributed by atoms with Crippen molar-refractivity contribution in [3.8, 4) is 44.9 Å². The van der Waals surface area contributed by atoms with E-state index in [1.54, 1.807) is 0 Å². The van der Waals surface area contributed by atoms with Gasteiger partial charge in [0, 0.05) is 53.1 Å². The van der Waals surface area contributed by atoms with Gasteiger partial charge < -0.3 is 0 Å². The van der Waals surface area contributed by atoms with Gasteiger partial charge in [-0.25, -0.2) is 15.0 Å². The van der Waals surface area contributed by atoms with E-state index >= 15 is 4.21 Å². The van der Waals surface area contributed by atoms with Crippen LogP contribution in [0.25, 0.3) is 77.6 Å². The second-order valence-electron chi connectivity index (χ2n) is 13.9. The average Bonchev–Trinajstić information content (AvgIpc) is 3.29. The van der Waals surface area contributed by atoms with E-state index in [1.165, 1.54) is 0 Å². The number of rotatable bonds is 7. The molecule has 4 nitrogen and oxygen atoms in total. The number of pyridine rings is 1. The zero-order chi connectivity index (χ0) is 37.5. The van der Waals surface area contributed by atoms with Gasteiger partial charge in [-0.1, -0.05) is 158 Å². The van der Waals surface area contributed by atoms with Crippen LogP contribution in [0.3, 0.4) is 0 Å². The van der Waals surface area contributed by atoms with E-state index < -0.39 is 9.93 Å². The molecule has 0 saturated heterocycles. The van der Waals surface area contributed by atoms with Crippen LogP contribution in [0.4, 0.5) is 0 Å². The van der Waals surface area contributed by atoms with Crippen molar-refractivity contribution in [1.29, 1.82) is 0 Å². The molecule has 0 atom stereocenters. The van der Waals surface area contributed by atoms with Crippen molar-refractivity contribution >= 4 is 42.6 Å². The van der Waals surface area contributed by atoms with Crippen molar-refractivity contribution in [1.82, 2.24) is 15.0 Å². The summed E-state index contributed by atoms with van der Waals surface area (Å²) in [4.78, 5) is 18.9. The molecule has 56 heavy (non-hydrogen) atoms. The number of benzene rings is 8. The van der Waals surface area contributed by atoms with Crippen molar-refractivity contribution in [3.63, 3.8) is 0 Å². The number of aromatic nitrogens is 3. The Balaban J connectivity index is 1.30. The van der Waals surface area contributed by atoms with Gasteiger partial charge in [-0.3, -0.25) is 4.21 Å². The highest BCUT2D eigenvalue weighted by molar-refractivity contribution is 8.03. The molecule has 0 aliphatic carbocycles. The first-order valence-electron chi connectivity index (χ1n) is 18.7. The number of para-hydroxylation sites is 1. The van der Waals surface area contributed by atoms with Crippen LogP contribution < -0.4 is 0 Å². The first-order valence-corrected chi connectivity index (χ1v) is 20.4. The average molecular weight is 738 g/mol. The quantitative estimate of drug-likeness (QED) is 0.131. The minimum absolute atomic E-state index is 0.767. The molecule has 0 unspecified atom stereocenters. The highest BCUT2D eigenvalue weighted by Crippen LogP contribution is 2.44. The third-order valence-corrected chi connectivity index (χ3v) is 13.6. The molecule has 0 bridgehead atoms. The predicted octanol–water partition coefficient (Wildman–Crippen LogP) is 12.5. The summed E-state index contributed by atoms with van der Waals surface area (Å²) in [5.41, 5.74) is 9.84. The van der Waals surface area contributed by atoms with Gasteiger partial charge in [0.2, 0.25) is 0 Å². The van der Waals surface area contributed by atoms with Crippen LogP contribution in [0.15, 0.2) is 221 Å². The summed E-state index contributed by atoms with van der Waals surface area (Å²) in [5, 5.41) is 3.01. The summed E-state index contributed by atoms with van der Waals surface area (Å²) in [6.07, 6.45) is 0. The SMILES string of the molecule is O=[SH](c1ccccc1)(c1ccccc1)c1ccc(-c2cc3c(-c4ccccc4)nc4ccccc4c3c3nc(-c4ccccc4)c(-c4ccccc4)nc23)cc1. The molecule has 2 heterocycles. The normalized spacial score (nSPS) is 11.9. The summed E-state index contributed by atoms with van der Waals surface area (Å²) >= 11 is 0. The molecule has 10 aromatic rings. The standard InChI is InChI=1S/C51H35N3OS/c55-56(39-24-12-4-13-25-39,40-26-14-5-15-27-40)41-32-30-35(31-33-41)43-34-44-46(42-28-16-17-29-45(42)52-47(44)36-18-6-1-7-19-36)51-50(43)53-48(37-20-8-2-9-21-37)49(54-51)38-22-10-3-11-23-38/h1-34,56H. The third-order valence-electron chi connectivity index (χ3n) is 10.5. The molecular formula is C51H35N3OS. The number of hydrogen-bond acceptors (Lipinski definition) is 4. The molecule has 0 N–H and O–H groups in total. The lowest BCUT2D eigenvalue weighted by atomic mass is 9.93. The van der Waals surface area contributed by atoms with Gasteiger partial charge in [-0.15, -0.1) is 0 Å². The second kappa shape index (κ2) is 14.0. The minimum atomic E-state index is -3.18. The van der Waals surface area contributed by atoms with E-state index in [-0.39, 0.29) is 0 Å². The van der Waals surface area contributed by atoms with E-state index in [4.69, 9.17) is 15.0 Å². The van der Waals surface area contributed by atoms with Crippen molar-refractivity contribution in [3.05, 3.63) is 206 Å². The lowest BCUT2D eigenvalue weighted by Gasteiger charge is -2.26. The van der Waals surface area contributed by atoms with E-state index in [9.17, 15) is 0 Å². The Morgan fingerprint density at radius 1 is 0.339 bits per heavy atom. The molecule has 0 radical (unpaired) electrons. The Morgan fingerprint density at radius 2 is 0.768 bits per heavy atom. The highest BCUT2D eigenvalue weighted by atomic mass is 32.2. The highest BCUT2D eigenvalue weighted by Gasteiger charge is 2.25. The van der Waals surface area contributed by atoms with Gasteiger partial charge in [0.1, 0.15) is 0 Å². The fraction of sp³-hybridized carbons (Fsp3) is 0. The molecule has 8 aromatic carbocycles.